The molecule has 0 unspecified atom stereocenters. The minimum atomic E-state index is -0.0984. The van der Waals surface area contributed by atoms with Crippen molar-refractivity contribution >= 4 is 5.91 Å². The van der Waals surface area contributed by atoms with E-state index in [1.807, 2.05) is 4.90 Å². The molecule has 1 N–H and O–H groups in total. The Hall–Kier alpha value is -1.75. The highest BCUT2D eigenvalue weighted by Gasteiger charge is 2.22. The van der Waals surface area contributed by atoms with Crippen molar-refractivity contribution in [3.8, 4) is 11.5 Å². The Morgan fingerprint density at radius 2 is 1.95 bits per heavy atom. The maximum absolute atomic E-state index is 12.7. The standard InChI is InChI=1S/C16H25NO4/c1-5-13(6-2)17(9-10-20-3)16(19)12-7-8-15(21-4)14(18)11-12/h7-8,11,13,18H,5-6,9-10H2,1-4H3. The number of nitrogens with zero attached hydrogens (tertiary/aromatic N) is 1. The van der Waals surface area contributed by atoms with Crippen LogP contribution in [-0.2, 0) is 4.74 Å². The van der Waals surface area contributed by atoms with Gasteiger partial charge in [-0.05, 0) is 31.0 Å². The number of hydrogen-bond donors (Lipinski definition) is 1. The Balaban J connectivity index is 3.00. The zero-order valence-electron chi connectivity index (χ0n) is 13.3. The number of phenols is 1. The average Bonchev–Trinajstić information content (AvgIpc) is 2.50. The molecule has 0 saturated heterocycles. The van der Waals surface area contributed by atoms with Gasteiger partial charge in [0, 0.05) is 25.3 Å². The van der Waals surface area contributed by atoms with Gasteiger partial charge in [-0.15, -0.1) is 0 Å². The van der Waals surface area contributed by atoms with Gasteiger partial charge in [0.1, 0.15) is 0 Å². The Kier molecular flexibility index (Phi) is 7.02. The van der Waals surface area contributed by atoms with Crippen molar-refractivity contribution in [1.29, 1.82) is 0 Å². The molecule has 0 heterocycles. The first-order valence-electron chi connectivity index (χ1n) is 7.25. The van der Waals surface area contributed by atoms with Gasteiger partial charge in [-0.3, -0.25) is 4.79 Å². The van der Waals surface area contributed by atoms with Gasteiger partial charge in [0.05, 0.1) is 13.7 Å². The van der Waals surface area contributed by atoms with Crippen LogP contribution in [0.3, 0.4) is 0 Å². The van der Waals surface area contributed by atoms with E-state index in [0.717, 1.165) is 12.8 Å². The third-order valence-corrected chi connectivity index (χ3v) is 3.61. The molecule has 5 nitrogen and oxygen atoms in total. The van der Waals surface area contributed by atoms with E-state index in [1.54, 1.807) is 19.2 Å². The molecule has 0 aliphatic rings. The summed E-state index contributed by atoms with van der Waals surface area (Å²) in [6.07, 6.45) is 1.77. The summed E-state index contributed by atoms with van der Waals surface area (Å²) < 4.78 is 10.1. The van der Waals surface area contributed by atoms with E-state index in [-0.39, 0.29) is 17.7 Å². The van der Waals surface area contributed by atoms with Gasteiger partial charge in [0.2, 0.25) is 0 Å². The second-order valence-corrected chi connectivity index (χ2v) is 4.85. The first kappa shape index (κ1) is 17.3. The molecule has 0 radical (unpaired) electrons. The van der Waals surface area contributed by atoms with Crippen molar-refractivity contribution in [3.63, 3.8) is 0 Å². The normalized spacial score (nSPS) is 10.7. The Bertz CT molecular complexity index is 458. The van der Waals surface area contributed by atoms with Crippen LogP contribution in [0.5, 0.6) is 11.5 Å². The lowest BCUT2D eigenvalue weighted by molar-refractivity contribution is 0.0589. The molecule has 0 aliphatic carbocycles. The van der Waals surface area contributed by atoms with Gasteiger partial charge in [-0.2, -0.15) is 0 Å². The highest BCUT2D eigenvalue weighted by atomic mass is 16.5. The molecule has 21 heavy (non-hydrogen) atoms. The van der Waals surface area contributed by atoms with Gasteiger partial charge in [0.15, 0.2) is 11.5 Å². The fourth-order valence-corrected chi connectivity index (χ4v) is 2.36. The largest absolute Gasteiger partial charge is 0.504 e. The minimum Gasteiger partial charge on any atom is -0.504 e. The summed E-state index contributed by atoms with van der Waals surface area (Å²) in [5, 5.41) is 9.83. The van der Waals surface area contributed by atoms with Crippen LogP contribution in [0.1, 0.15) is 37.0 Å². The first-order chi connectivity index (χ1) is 10.1. The molecular formula is C16H25NO4. The van der Waals surface area contributed by atoms with Crippen LogP contribution < -0.4 is 4.74 Å². The molecule has 1 amide bonds. The Morgan fingerprint density at radius 3 is 2.43 bits per heavy atom. The highest BCUT2D eigenvalue weighted by molar-refractivity contribution is 5.95. The third-order valence-electron chi connectivity index (χ3n) is 3.61. The van der Waals surface area contributed by atoms with E-state index in [0.29, 0.717) is 24.5 Å². The van der Waals surface area contributed by atoms with Crippen molar-refractivity contribution in [3.05, 3.63) is 23.8 Å². The number of methoxy groups -OCH3 is 2. The monoisotopic (exact) mass is 295 g/mol. The molecule has 5 heteroatoms. The summed E-state index contributed by atoms with van der Waals surface area (Å²) in [7, 11) is 3.10. The lowest BCUT2D eigenvalue weighted by atomic mass is 10.1. The molecular weight excluding hydrogens is 270 g/mol. The lowest BCUT2D eigenvalue weighted by Gasteiger charge is -2.30. The molecule has 0 atom stereocenters. The van der Waals surface area contributed by atoms with Crippen LogP contribution in [0, 0.1) is 0 Å². The number of carbonyl (C=O) groups is 1. The summed E-state index contributed by atoms with van der Waals surface area (Å²) in [5.74, 6) is 0.232. The number of benzene rings is 1. The molecule has 0 spiro atoms. The van der Waals surface area contributed by atoms with E-state index in [2.05, 4.69) is 13.8 Å². The number of aromatic hydroxyl groups is 1. The smallest absolute Gasteiger partial charge is 0.254 e. The fraction of sp³-hybridized carbons (Fsp3) is 0.562. The van der Waals surface area contributed by atoms with E-state index in [4.69, 9.17) is 9.47 Å². The Labute approximate surface area is 126 Å². The van der Waals surface area contributed by atoms with Crippen molar-refractivity contribution < 1.29 is 19.4 Å². The van der Waals surface area contributed by atoms with Crippen molar-refractivity contribution in [2.75, 3.05) is 27.4 Å². The van der Waals surface area contributed by atoms with Gasteiger partial charge in [0.25, 0.3) is 5.91 Å². The van der Waals surface area contributed by atoms with Crippen molar-refractivity contribution in [2.45, 2.75) is 32.7 Å². The summed E-state index contributed by atoms with van der Waals surface area (Å²) in [6.45, 7) is 5.15. The van der Waals surface area contributed by atoms with Crippen LogP contribution >= 0.6 is 0 Å². The van der Waals surface area contributed by atoms with Crippen molar-refractivity contribution in [1.82, 2.24) is 4.90 Å². The molecule has 118 valence electrons. The predicted molar refractivity (Wildman–Crippen MR) is 81.9 cm³/mol. The van der Waals surface area contributed by atoms with Crippen LogP contribution in [0.2, 0.25) is 0 Å². The Morgan fingerprint density at radius 1 is 1.29 bits per heavy atom. The zero-order valence-corrected chi connectivity index (χ0v) is 13.3. The quantitative estimate of drug-likeness (QED) is 0.801. The van der Waals surface area contributed by atoms with Crippen LogP contribution in [-0.4, -0.2) is 49.3 Å². The van der Waals surface area contributed by atoms with E-state index >= 15 is 0 Å². The molecule has 0 bridgehead atoms. The molecule has 0 aliphatic heterocycles. The fourth-order valence-electron chi connectivity index (χ4n) is 2.36. The number of carbonyl (C=O) groups excluding carboxylic acids is 1. The molecule has 1 aromatic carbocycles. The highest BCUT2D eigenvalue weighted by Crippen LogP contribution is 2.27. The molecule has 0 aromatic heterocycles. The maximum Gasteiger partial charge on any atom is 0.254 e. The summed E-state index contributed by atoms with van der Waals surface area (Å²) in [6, 6.07) is 4.88. The van der Waals surface area contributed by atoms with Gasteiger partial charge < -0.3 is 19.5 Å². The van der Waals surface area contributed by atoms with Crippen LogP contribution in [0.4, 0.5) is 0 Å². The number of hydrogen-bond acceptors (Lipinski definition) is 4. The minimum absolute atomic E-state index is 0.0282. The maximum atomic E-state index is 12.7. The second kappa shape index (κ2) is 8.52. The summed E-state index contributed by atoms with van der Waals surface area (Å²) in [5.41, 5.74) is 0.455. The summed E-state index contributed by atoms with van der Waals surface area (Å²) >= 11 is 0. The number of amides is 1. The van der Waals surface area contributed by atoms with E-state index in [1.165, 1.54) is 13.2 Å². The topological polar surface area (TPSA) is 59.0 Å². The molecule has 1 aromatic rings. The lowest BCUT2D eigenvalue weighted by Crippen LogP contribution is -2.41. The number of rotatable bonds is 8. The van der Waals surface area contributed by atoms with Gasteiger partial charge in [-0.25, -0.2) is 0 Å². The molecule has 0 fully saturated rings. The van der Waals surface area contributed by atoms with E-state index < -0.39 is 0 Å². The van der Waals surface area contributed by atoms with Crippen LogP contribution in [0.25, 0.3) is 0 Å². The summed E-state index contributed by atoms with van der Waals surface area (Å²) in [4.78, 5) is 14.5. The zero-order chi connectivity index (χ0) is 15.8. The molecule has 1 rings (SSSR count). The third kappa shape index (κ3) is 4.36. The predicted octanol–water partition coefficient (Wildman–Crippen LogP) is 2.68. The number of phenolic OH excluding ortho intramolecular Hbond substituents is 1. The number of ether oxygens (including phenoxy) is 2. The molecule has 0 saturated carbocycles. The average molecular weight is 295 g/mol. The van der Waals surface area contributed by atoms with Crippen LogP contribution in [0.15, 0.2) is 18.2 Å². The van der Waals surface area contributed by atoms with Gasteiger partial charge in [-0.1, -0.05) is 13.8 Å². The SMILES string of the molecule is CCC(CC)N(CCOC)C(=O)c1ccc(OC)c(O)c1. The second-order valence-electron chi connectivity index (χ2n) is 4.85. The van der Waals surface area contributed by atoms with Crippen molar-refractivity contribution in [2.24, 2.45) is 0 Å². The van der Waals surface area contributed by atoms with E-state index in [9.17, 15) is 9.90 Å². The first-order valence-corrected chi connectivity index (χ1v) is 7.25. The van der Waals surface area contributed by atoms with Gasteiger partial charge >= 0.3 is 0 Å².